The molecule has 1 aromatic carbocycles. The maximum atomic E-state index is 5.50. The van der Waals surface area contributed by atoms with Crippen LogP contribution in [-0.4, -0.2) is 66.1 Å². The van der Waals surface area contributed by atoms with Gasteiger partial charge in [-0.25, -0.2) is 4.98 Å². The van der Waals surface area contributed by atoms with Crippen LogP contribution in [0.2, 0.25) is 0 Å². The van der Waals surface area contributed by atoms with E-state index in [-0.39, 0.29) is 0 Å². The Morgan fingerprint density at radius 3 is 2.45 bits per heavy atom. The molecule has 1 fully saturated rings. The van der Waals surface area contributed by atoms with E-state index in [1.165, 1.54) is 0 Å². The van der Waals surface area contributed by atoms with Crippen LogP contribution < -0.4 is 9.64 Å². The molecule has 4 rings (SSSR count). The molecular weight excluding hydrogens is 385 g/mol. The summed E-state index contributed by atoms with van der Waals surface area (Å²) >= 11 is 0. The van der Waals surface area contributed by atoms with Gasteiger partial charge in [-0.05, 0) is 49.8 Å². The molecule has 29 heavy (non-hydrogen) atoms. The minimum atomic E-state index is -0.484. The summed E-state index contributed by atoms with van der Waals surface area (Å²) in [5.41, 5.74) is 4.28. The van der Waals surface area contributed by atoms with E-state index >= 15 is 0 Å². The Bertz CT molecular complexity index is 1010. The predicted molar refractivity (Wildman–Crippen MR) is 118 cm³/mol. The topological polar surface area (TPSA) is 55.1 Å². The minimum Gasteiger partial charge on any atom is -0.496 e. The summed E-state index contributed by atoms with van der Waals surface area (Å²) < 4.78 is 15.3. The standard InChI is InChI=1S/C21H28N5O2P/c1-15-13-19(27-3)16(2)12-17(15)18-14-25-7-6-20(23-21(25)22-18)24-8-10-26(11-9-24)29(5)28-4/h6-7,12-14H,8-11H2,1-5H3. The van der Waals surface area contributed by atoms with Crippen LogP contribution in [-0.2, 0) is 4.52 Å². The molecule has 0 bridgehead atoms. The molecule has 1 atom stereocenters. The summed E-state index contributed by atoms with van der Waals surface area (Å²) in [6.07, 6.45) is 4.09. The molecule has 0 spiro atoms. The highest BCUT2D eigenvalue weighted by atomic mass is 31.2. The summed E-state index contributed by atoms with van der Waals surface area (Å²) in [6.45, 7) is 10.2. The van der Waals surface area contributed by atoms with Crippen LogP contribution in [0.4, 0.5) is 5.82 Å². The average molecular weight is 413 g/mol. The zero-order valence-corrected chi connectivity index (χ0v) is 18.6. The Kier molecular flexibility index (Phi) is 5.72. The van der Waals surface area contributed by atoms with Crippen molar-refractivity contribution in [2.75, 3.05) is 52.0 Å². The predicted octanol–water partition coefficient (Wildman–Crippen LogP) is 3.73. The van der Waals surface area contributed by atoms with Crippen molar-refractivity contribution in [3.8, 4) is 17.0 Å². The lowest BCUT2D eigenvalue weighted by Gasteiger charge is -2.37. The minimum absolute atomic E-state index is 0.484. The van der Waals surface area contributed by atoms with Crippen LogP contribution in [0.25, 0.3) is 17.0 Å². The van der Waals surface area contributed by atoms with Crippen molar-refractivity contribution in [1.82, 2.24) is 19.0 Å². The normalized spacial score (nSPS) is 16.4. The van der Waals surface area contributed by atoms with E-state index in [0.717, 1.165) is 65.9 Å². The lowest BCUT2D eigenvalue weighted by Crippen LogP contribution is -2.44. The highest BCUT2D eigenvalue weighted by Gasteiger charge is 2.22. The van der Waals surface area contributed by atoms with E-state index in [9.17, 15) is 0 Å². The number of methoxy groups -OCH3 is 1. The van der Waals surface area contributed by atoms with E-state index in [4.69, 9.17) is 19.2 Å². The highest BCUT2D eigenvalue weighted by molar-refractivity contribution is 7.49. The number of benzene rings is 1. The van der Waals surface area contributed by atoms with Crippen molar-refractivity contribution < 1.29 is 9.26 Å². The van der Waals surface area contributed by atoms with Crippen LogP contribution in [0.1, 0.15) is 11.1 Å². The molecule has 2 aromatic heterocycles. The third kappa shape index (κ3) is 3.95. The van der Waals surface area contributed by atoms with E-state index in [1.807, 2.05) is 16.8 Å². The summed E-state index contributed by atoms with van der Waals surface area (Å²) in [5.74, 6) is 2.61. The van der Waals surface area contributed by atoms with Crippen molar-refractivity contribution in [2.45, 2.75) is 13.8 Å². The summed E-state index contributed by atoms with van der Waals surface area (Å²) in [4.78, 5) is 12.0. The molecule has 7 nitrogen and oxygen atoms in total. The number of hydrogen-bond donors (Lipinski definition) is 0. The number of ether oxygens (including phenoxy) is 1. The first-order valence-electron chi connectivity index (χ1n) is 9.79. The van der Waals surface area contributed by atoms with Crippen LogP contribution >= 0.6 is 8.30 Å². The van der Waals surface area contributed by atoms with Gasteiger partial charge in [0.05, 0.1) is 12.8 Å². The molecule has 1 saturated heterocycles. The van der Waals surface area contributed by atoms with Crippen molar-refractivity contribution in [3.63, 3.8) is 0 Å². The van der Waals surface area contributed by atoms with Gasteiger partial charge in [-0.15, -0.1) is 0 Å². The molecule has 1 unspecified atom stereocenters. The van der Waals surface area contributed by atoms with Crippen LogP contribution in [0, 0.1) is 13.8 Å². The number of aromatic nitrogens is 3. The molecule has 1 aliphatic heterocycles. The fourth-order valence-corrected chi connectivity index (χ4v) is 4.75. The molecule has 3 heterocycles. The fourth-order valence-electron chi connectivity index (χ4n) is 3.78. The van der Waals surface area contributed by atoms with Gasteiger partial charge in [0.2, 0.25) is 5.78 Å². The van der Waals surface area contributed by atoms with Gasteiger partial charge < -0.3 is 14.2 Å². The molecule has 154 valence electrons. The molecule has 0 saturated carbocycles. The average Bonchev–Trinajstić information content (AvgIpc) is 3.17. The number of fused-ring (bicyclic) bond motifs is 1. The molecule has 0 amide bonds. The zero-order valence-electron chi connectivity index (χ0n) is 17.7. The largest absolute Gasteiger partial charge is 0.496 e. The second-order valence-corrected chi connectivity index (χ2v) is 9.20. The van der Waals surface area contributed by atoms with Crippen molar-refractivity contribution >= 4 is 19.9 Å². The Labute approximate surface area is 173 Å². The summed E-state index contributed by atoms with van der Waals surface area (Å²) in [6, 6.07) is 6.27. The van der Waals surface area contributed by atoms with E-state index in [1.54, 1.807) is 14.2 Å². The van der Waals surface area contributed by atoms with Gasteiger partial charge in [0.25, 0.3) is 0 Å². The number of rotatable bonds is 5. The SMILES string of the molecule is COc1cc(C)c(-c2cn3ccc(N4CCN(P(C)OC)CC4)nc3n2)cc1C. The fraction of sp³-hybridized carbons (Fsp3) is 0.429. The van der Waals surface area contributed by atoms with Gasteiger partial charge in [0.15, 0.2) is 0 Å². The van der Waals surface area contributed by atoms with E-state index < -0.39 is 8.30 Å². The zero-order chi connectivity index (χ0) is 20.5. The monoisotopic (exact) mass is 413 g/mol. The Hall–Kier alpha value is -2.21. The quantitative estimate of drug-likeness (QED) is 0.594. The molecule has 3 aromatic rings. The number of piperazine rings is 1. The summed E-state index contributed by atoms with van der Waals surface area (Å²) in [5, 5.41) is 0. The highest BCUT2D eigenvalue weighted by Crippen LogP contribution is 2.37. The van der Waals surface area contributed by atoms with Gasteiger partial charge in [0.1, 0.15) is 19.9 Å². The second kappa shape index (κ2) is 8.27. The van der Waals surface area contributed by atoms with Crippen molar-refractivity contribution in [2.24, 2.45) is 0 Å². The van der Waals surface area contributed by atoms with Crippen LogP contribution in [0.5, 0.6) is 5.75 Å². The van der Waals surface area contributed by atoms with E-state index in [0.29, 0.717) is 0 Å². The lowest BCUT2D eigenvalue weighted by molar-refractivity contribution is 0.350. The smallest absolute Gasteiger partial charge is 0.236 e. The van der Waals surface area contributed by atoms with Gasteiger partial charge >= 0.3 is 0 Å². The molecular formula is C21H28N5O2P. The molecule has 0 aliphatic carbocycles. The molecule has 0 radical (unpaired) electrons. The van der Waals surface area contributed by atoms with Gasteiger partial charge in [-0.3, -0.25) is 9.07 Å². The number of aryl methyl sites for hydroxylation is 2. The maximum Gasteiger partial charge on any atom is 0.236 e. The first-order chi connectivity index (χ1) is 14.0. The van der Waals surface area contributed by atoms with Crippen molar-refractivity contribution in [1.29, 1.82) is 0 Å². The molecule has 8 heteroatoms. The Balaban J connectivity index is 1.58. The number of anilines is 1. The van der Waals surface area contributed by atoms with Gasteiger partial charge in [0, 0.05) is 51.2 Å². The molecule has 0 N–H and O–H groups in total. The van der Waals surface area contributed by atoms with Gasteiger partial charge in [-0.1, -0.05) is 0 Å². The Morgan fingerprint density at radius 2 is 1.76 bits per heavy atom. The maximum absolute atomic E-state index is 5.50. The van der Waals surface area contributed by atoms with Gasteiger partial charge in [-0.2, -0.15) is 4.98 Å². The van der Waals surface area contributed by atoms with Crippen molar-refractivity contribution in [3.05, 3.63) is 41.7 Å². The first kappa shape index (κ1) is 20.1. The summed E-state index contributed by atoms with van der Waals surface area (Å²) in [7, 11) is 3.01. The number of hydrogen-bond acceptors (Lipinski definition) is 6. The molecule has 1 aliphatic rings. The lowest BCUT2D eigenvalue weighted by atomic mass is 10.0. The third-order valence-corrected chi connectivity index (χ3v) is 7.30. The second-order valence-electron chi connectivity index (χ2n) is 7.34. The first-order valence-corrected chi connectivity index (χ1v) is 11.4. The third-order valence-electron chi connectivity index (χ3n) is 5.57. The number of nitrogens with zero attached hydrogens (tertiary/aromatic N) is 5. The van der Waals surface area contributed by atoms with Crippen LogP contribution in [0.3, 0.4) is 0 Å². The van der Waals surface area contributed by atoms with E-state index in [2.05, 4.69) is 48.3 Å². The Morgan fingerprint density at radius 1 is 1.00 bits per heavy atom. The number of imidazole rings is 1. The van der Waals surface area contributed by atoms with Crippen LogP contribution in [0.15, 0.2) is 30.6 Å².